The van der Waals surface area contributed by atoms with Crippen molar-refractivity contribution in [1.29, 1.82) is 0 Å². The van der Waals surface area contributed by atoms with E-state index in [1.807, 2.05) is 0 Å². The summed E-state index contributed by atoms with van der Waals surface area (Å²) in [6.07, 6.45) is 0. The van der Waals surface area contributed by atoms with Crippen molar-refractivity contribution in [2.75, 3.05) is 7.11 Å². The third-order valence-corrected chi connectivity index (χ3v) is 5.07. The molecule has 96 valence electrons. The van der Waals surface area contributed by atoms with Crippen molar-refractivity contribution in [3.63, 3.8) is 0 Å². The van der Waals surface area contributed by atoms with Gasteiger partial charge in [0.25, 0.3) is 0 Å². The Morgan fingerprint density at radius 3 is 2.61 bits per heavy atom. The molecule has 4 nitrogen and oxygen atoms in total. The summed E-state index contributed by atoms with van der Waals surface area (Å²) in [6, 6.07) is 1.76. The predicted octanol–water partition coefficient (Wildman–Crippen LogP) is 4.82. The van der Waals surface area contributed by atoms with Crippen LogP contribution < -0.4 is 0 Å². The molecule has 0 N–H and O–H groups in total. The molecule has 0 atom stereocenters. The molecule has 0 bridgehead atoms. The van der Waals surface area contributed by atoms with E-state index in [4.69, 9.17) is 20.8 Å². The van der Waals surface area contributed by atoms with Crippen molar-refractivity contribution < 1.29 is 9.15 Å². The average Bonchev–Trinajstić information content (AvgIpc) is 2.65. The fourth-order valence-corrected chi connectivity index (χ4v) is 2.32. The molecule has 0 unspecified atom stereocenters. The third kappa shape index (κ3) is 2.96. The monoisotopic (exact) mass is 458 g/mol. The zero-order chi connectivity index (χ0) is 13.3. The quantitative estimate of drug-likeness (QED) is 0.615. The molecule has 2 heterocycles. The summed E-state index contributed by atoms with van der Waals surface area (Å²) in [5.41, 5.74) is 0.663. The average molecular weight is 461 g/mol. The predicted molar refractivity (Wildman–Crippen MR) is 78.6 cm³/mol. The maximum absolute atomic E-state index is 6.03. The van der Waals surface area contributed by atoms with Crippen LogP contribution in [-0.2, 0) is 11.3 Å². The SMILES string of the molecule is COCc1nc(-c2cc(Br)c(Br)o2)nc(Cl)c1Br. The van der Waals surface area contributed by atoms with E-state index in [-0.39, 0.29) is 0 Å². The molecular formula is C10H6Br3ClN2O2. The number of methoxy groups -OCH3 is 1. The number of furan rings is 1. The van der Waals surface area contributed by atoms with Gasteiger partial charge in [0.05, 0.1) is 21.2 Å². The molecule has 0 aromatic carbocycles. The van der Waals surface area contributed by atoms with E-state index in [1.54, 1.807) is 13.2 Å². The minimum Gasteiger partial charge on any atom is -0.445 e. The number of hydrogen-bond acceptors (Lipinski definition) is 4. The van der Waals surface area contributed by atoms with Gasteiger partial charge in [0.2, 0.25) is 0 Å². The van der Waals surface area contributed by atoms with Crippen molar-refractivity contribution in [3.8, 4) is 11.6 Å². The van der Waals surface area contributed by atoms with Gasteiger partial charge in [0.15, 0.2) is 16.3 Å². The van der Waals surface area contributed by atoms with E-state index in [2.05, 4.69) is 57.8 Å². The molecule has 18 heavy (non-hydrogen) atoms. The summed E-state index contributed by atoms with van der Waals surface area (Å²) in [5, 5.41) is 0.315. The first kappa shape index (κ1) is 14.5. The molecule has 0 saturated carbocycles. The lowest BCUT2D eigenvalue weighted by molar-refractivity contribution is 0.181. The highest BCUT2D eigenvalue weighted by molar-refractivity contribution is 9.13. The van der Waals surface area contributed by atoms with Crippen molar-refractivity contribution in [2.24, 2.45) is 0 Å². The Labute approximate surface area is 133 Å². The summed E-state index contributed by atoms with van der Waals surface area (Å²) in [6.45, 7) is 0.332. The Kier molecular flexibility index (Phi) is 4.82. The van der Waals surface area contributed by atoms with Crippen LogP contribution in [-0.4, -0.2) is 17.1 Å². The molecule has 0 aliphatic rings. The van der Waals surface area contributed by atoms with E-state index in [1.165, 1.54) is 0 Å². The van der Waals surface area contributed by atoms with Crippen LogP contribution >= 0.6 is 59.4 Å². The Balaban J connectivity index is 2.51. The van der Waals surface area contributed by atoms with Gasteiger partial charge in [-0.1, -0.05) is 11.6 Å². The molecule has 0 radical (unpaired) electrons. The maximum atomic E-state index is 6.03. The highest BCUT2D eigenvalue weighted by Gasteiger charge is 2.16. The van der Waals surface area contributed by atoms with Gasteiger partial charge >= 0.3 is 0 Å². The highest BCUT2D eigenvalue weighted by atomic mass is 79.9. The largest absolute Gasteiger partial charge is 0.445 e. The molecule has 0 spiro atoms. The van der Waals surface area contributed by atoms with E-state index < -0.39 is 0 Å². The van der Waals surface area contributed by atoms with Gasteiger partial charge in [-0.15, -0.1) is 0 Å². The molecule has 2 aromatic rings. The van der Waals surface area contributed by atoms with E-state index in [0.717, 1.165) is 4.47 Å². The third-order valence-electron chi connectivity index (χ3n) is 2.03. The van der Waals surface area contributed by atoms with Gasteiger partial charge in [-0.3, -0.25) is 0 Å². The topological polar surface area (TPSA) is 48.2 Å². The standard InChI is InChI=1S/C10H6Br3ClN2O2/c1-17-3-5-7(12)9(14)16-10(15-5)6-2-4(11)8(13)18-6/h2H,3H2,1H3. The molecule has 2 aromatic heterocycles. The second-order valence-corrected chi connectivity index (χ2v) is 5.99. The first-order valence-electron chi connectivity index (χ1n) is 4.69. The number of hydrogen-bond donors (Lipinski definition) is 0. The summed E-state index contributed by atoms with van der Waals surface area (Å²) >= 11 is 15.9. The smallest absolute Gasteiger partial charge is 0.197 e. The Hall–Kier alpha value is 0.0500. The Morgan fingerprint density at radius 2 is 2.06 bits per heavy atom. The molecule has 0 fully saturated rings. The van der Waals surface area contributed by atoms with Crippen LogP contribution in [0.4, 0.5) is 0 Å². The van der Waals surface area contributed by atoms with E-state index in [9.17, 15) is 0 Å². The van der Waals surface area contributed by atoms with Crippen LogP contribution in [0.3, 0.4) is 0 Å². The van der Waals surface area contributed by atoms with E-state index >= 15 is 0 Å². The minimum absolute atomic E-state index is 0.315. The van der Waals surface area contributed by atoms with Crippen molar-refractivity contribution >= 4 is 59.4 Å². The second-order valence-electron chi connectivity index (χ2n) is 3.26. The van der Waals surface area contributed by atoms with Crippen LogP contribution in [0.1, 0.15) is 5.69 Å². The molecule has 0 aliphatic heterocycles. The van der Waals surface area contributed by atoms with Gasteiger partial charge in [-0.25, -0.2) is 9.97 Å². The molecule has 0 amide bonds. The van der Waals surface area contributed by atoms with Crippen LogP contribution in [0, 0.1) is 0 Å². The Bertz CT molecular complexity index is 569. The van der Waals surface area contributed by atoms with Gasteiger partial charge in [-0.05, 0) is 47.8 Å². The molecule has 0 aliphatic carbocycles. The lowest BCUT2D eigenvalue weighted by atomic mass is 10.3. The first-order chi connectivity index (χ1) is 8.52. The normalized spacial score (nSPS) is 10.9. The summed E-state index contributed by atoms with van der Waals surface area (Å²) in [4.78, 5) is 8.50. The fourth-order valence-electron chi connectivity index (χ4n) is 1.26. The van der Waals surface area contributed by atoms with Crippen molar-refractivity contribution in [2.45, 2.75) is 6.61 Å². The zero-order valence-corrected chi connectivity index (χ0v) is 14.5. The fraction of sp³-hybridized carbons (Fsp3) is 0.200. The van der Waals surface area contributed by atoms with Crippen molar-refractivity contribution in [1.82, 2.24) is 9.97 Å². The summed E-state index contributed by atoms with van der Waals surface area (Å²) < 4.78 is 12.5. The summed E-state index contributed by atoms with van der Waals surface area (Å²) in [7, 11) is 1.59. The molecule has 2 rings (SSSR count). The van der Waals surface area contributed by atoms with Gasteiger partial charge in [-0.2, -0.15) is 0 Å². The van der Waals surface area contributed by atoms with Crippen LogP contribution in [0.25, 0.3) is 11.6 Å². The number of aromatic nitrogens is 2. The number of halogens is 4. The second kappa shape index (κ2) is 6.00. The van der Waals surface area contributed by atoms with E-state index in [0.29, 0.717) is 38.2 Å². The number of ether oxygens (including phenoxy) is 1. The van der Waals surface area contributed by atoms with Crippen LogP contribution in [0.15, 0.2) is 24.1 Å². The molecule has 0 saturated heterocycles. The Morgan fingerprint density at radius 1 is 1.33 bits per heavy atom. The van der Waals surface area contributed by atoms with Crippen LogP contribution in [0.5, 0.6) is 0 Å². The van der Waals surface area contributed by atoms with Gasteiger partial charge in [0.1, 0.15) is 5.15 Å². The molecular weight excluding hydrogens is 455 g/mol. The number of rotatable bonds is 3. The summed E-state index contributed by atoms with van der Waals surface area (Å²) in [5.74, 6) is 0.919. The minimum atomic E-state index is 0.315. The van der Waals surface area contributed by atoms with Crippen molar-refractivity contribution in [3.05, 3.63) is 30.5 Å². The molecule has 8 heteroatoms. The lowest BCUT2D eigenvalue weighted by Crippen LogP contribution is -1.99. The number of nitrogens with zero attached hydrogens (tertiary/aromatic N) is 2. The van der Waals surface area contributed by atoms with Gasteiger partial charge in [0, 0.05) is 13.2 Å². The first-order valence-corrected chi connectivity index (χ1v) is 7.44. The maximum Gasteiger partial charge on any atom is 0.197 e. The zero-order valence-electron chi connectivity index (χ0n) is 9.01. The lowest BCUT2D eigenvalue weighted by Gasteiger charge is -2.05. The highest BCUT2D eigenvalue weighted by Crippen LogP contribution is 2.33. The van der Waals surface area contributed by atoms with Gasteiger partial charge < -0.3 is 9.15 Å². The van der Waals surface area contributed by atoms with Crippen LogP contribution in [0.2, 0.25) is 5.15 Å².